The Kier molecular flexibility index (Phi) is 7.40. The summed E-state index contributed by atoms with van der Waals surface area (Å²) in [6, 6.07) is 17.9. The number of carbonyl (C=O) groups is 1. The molecule has 0 heterocycles. The molecule has 0 unspecified atom stereocenters. The molecule has 7 nitrogen and oxygen atoms in total. The third kappa shape index (κ3) is 5.79. The number of sulfonamides is 1. The van der Waals surface area contributed by atoms with Gasteiger partial charge in [0.2, 0.25) is 10.0 Å². The van der Waals surface area contributed by atoms with E-state index >= 15 is 0 Å². The van der Waals surface area contributed by atoms with Gasteiger partial charge in [-0.2, -0.15) is 0 Å². The maximum Gasteiger partial charge on any atom is 0.251 e. The van der Waals surface area contributed by atoms with Crippen LogP contribution in [0.3, 0.4) is 0 Å². The van der Waals surface area contributed by atoms with E-state index in [0.29, 0.717) is 22.1 Å². The first-order valence-corrected chi connectivity index (χ1v) is 11.6. The van der Waals surface area contributed by atoms with E-state index < -0.39 is 10.0 Å². The molecule has 0 saturated heterocycles. The lowest BCUT2D eigenvalue weighted by Gasteiger charge is -2.16. The number of benzene rings is 3. The summed E-state index contributed by atoms with van der Waals surface area (Å²) in [6.45, 7) is 2.05. The van der Waals surface area contributed by atoms with Crippen LogP contribution in [0.5, 0.6) is 11.5 Å². The van der Waals surface area contributed by atoms with Crippen LogP contribution < -0.4 is 19.9 Å². The highest BCUT2D eigenvalue weighted by Crippen LogP contribution is 2.30. The van der Waals surface area contributed by atoms with Crippen LogP contribution in [0, 0.1) is 0 Å². The maximum absolute atomic E-state index is 12.7. The lowest BCUT2D eigenvalue weighted by atomic mass is 10.1. The van der Waals surface area contributed by atoms with Crippen LogP contribution >= 0.6 is 11.6 Å². The number of primary sulfonamides is 1. The highest BCUT2D eigenvalue weighted by atomic mass is 35.5. The van der Waals surface area contributed by atoms with Gasteiger partial charge in [0.1, 0.15) is 6.61 Å². The molecule has 0 aliphatic rings. The minimum Gasteiger partial charge on any atom is -0.493 e. The highest BCUT2D eigenvalue weighted by molar-refractivity contribution is 7.89. The zero-order chi connectivity index (χ0) is 23.3. The first-order valence-electron chi connectivity index (χ1n) is 9.67. The summed E-state index contributed by atoms with van der Waals surface area (Å²) in [6.07, 6.45) is 0. The third-order valence-electron chi connectivity index (χ3n) is 4.82. The van der Waals surface area contributed by atoms with Crippen molar-refractivity contribution in [2.75, 3.05) is 7.11 Å². The highest BCUT2D eigenvalue weighted by Gasteiger charge is 2.16. The van der Waals surface area contributed by atoms with Crippen molar-refractivity contribution >= 4 is 27.5 Å². The molecular weight excluding hydrogens is 452 g/mol. The number of rotatable bonds is 8. The number of ether oxygens (including phenoxy) is 2. The van der Waals surface area contributed by atoms with Crippen molar-refractivity contribution < 1.29 is 22.7 Å². The zero-order valence-electron chi connectivity index (χ0n) is 17.5. The van der Waals surface area contributed by atoms with Crippen LogP contribution in [0.4, 0.5) is 0 Å². The number of hydrogen-bond acceptors (Lipinski definition) is 5. The molecule has 3 aromatic rings. The molecule has 0 fully saturated rings. The average Bonchev–Trinajstić information content (AvgIpc) is 2.78. The fourth-order valence-electron chi connectivity index (χ4n) is 3.01. The molecule has 32 heavy (non-hydrogen) atoms. The van der Waals surface area contributed by atoms with Gasteiger partial charge in [-0.3, -0.25) is 4.79 Å². The number of halogens is 1. The number of nitrogens with two attached hydrogens (primary N) is 1. The van der Waals surface area contributed by atoms with Crippen molar-refractivity contribution in [1.82, 2.24) is 5.32 Å². The van der Waals surface area contributed by atoms with E-state index in [-0.39, 0.29) is 23.5 Å². The van der Waals surface area contributed by atoms with Gasteiger partial charge < -0.3 is 14.8 Å². The predicted octanol–water partition coefficient (Wildman–Crippen LogP) is 4.07. The van der Waals surface area contributed by atoms with Gasteiger partial charge in [-0.15, -0.1) is 0 Å². The number of hydrogen-bond donors (Lipinski definition) is 2. The van der Waals surface area contributed by atoms with Gasteiger partial charge in [0.15, 0.2) is 11.5 Å². The monoisotopic (exact) mass is 474 g/mol. The Labute approximate surface area is 192 Å². The molecule has 3 N–H and O–H groups in total. The van der Waals surface area contributed by atoms with E-state index in [1.165, 1.54) is 19.2 Å². The van der Waals surface area contributed by atoms with Gasteiger partial charge in [-0.05, 0) is 48.9 Å². The third-order valence-corrected chi connectivity index (χ3v) is 6.12. The van der Waals surface area contributed by atoms with Crippen LogP contribution in [0.2, 0.25) is 5.02 Å². The van der Waals surface area contributed by atoms with Gasteiger partial charge in [0, 0.05) is 16.1 Å². The van der Waals surface area contributed by atoms with Crippen LogP contribution in [-0.2, 0) is 16.6 Å². The fourth-order valence-corrected chi connectivity index (χ4v) is 3.71. The molecular formula is C23H23ClN2O5S. The largest absolute Gasteiger partial charge is 0.493 e. The predicted molar refractivity (Wildman–Crippen MR) is 122 cm³/mol. The van der Waals surface area contributed by atoms with E-state index in [2.05, 4.69) is 5.32 Å². The summed E-state index contributed by atoms with van der Waals surface area (Å²) in [5.41, 5.74) is 1.96. The van der Waals surface area contributed by atoms with E-state index in [0.717, 1.165) is 11.1 Å². The first-order chi connectivity index (χ1) is 15.2. The molecule has 9 heteroatoms. The minimum absolute atomic E-state index is 0.0110. The second kappa shape index (κ2) is 10.0. The van der Waals surface area contributed by atoms with Gasteiger partial charge in [0.05, 0.1) is 18.0 Å². The standard InChI is InChI=1S/C23H23ClN2O5S/c1-15(16-7-10-19(11-8-16)32(25,28)29)26-23(27)17-9-12-21(22(13-17)30-2)31-14-18-5-3-4-6-20(18)24/h3-13,15H,14H2,1-2H3,(H,26,27)(H2,25,28,29)/t15-/m1/s1. The SMILES string of the molecule is COc1cc(C(=O)N[C@H](C)c2ccc(S(N)(=O)=O)cc2)ccc1OCc1ccccc1Cl. The van der Waals surface area contributed by atoms with Crippen molar-refractivity contribution in [2.45, 2.75) is 24.5 Å². The number of methoxy groups -OCH3 is 1. The van der Waals surface area contributed by atoms with E-state index in [9.17, 15) is 13.2 Å². The Morgan fingerprint density at radius 3 is 2.38 bits per heavy atom. The van der Waals surface area contributed by atoms with E-state index in [1.54, 1.807) is 43.3 Å². The molecule has 168 valence electrons. The topological polar surface area (TPSA) is 108 Å². The summed E-state index contributed by atoms with van der Waals surface area (Å²) in [5, 5.41) is 8.59. The van der Waals surface area contributed by atoms with Gasteiger partial charge in [-0.1, -0.05) is 41.9 Å². The normalized spacial score (nSPS) is 12.1. The molecule has 0 spiro atoms. The average molecular weight is 475 g/mol. The quantitative estimate of drug-likeness (QED) is 0.511. The number of amides is 1. The lowest BCUT2D eigenvalue weighted by molar-refractivity contribution is 0.0939. The second-order valence-corrected chi connectivity index (χ2v) is 9.02. The molecule has 3 aromatic carbocycles. The summed E-state index contributed by atoms with van der Waals surface area (Å²) in [7, 11) is -2.27. The van der Waals surface area contributed by atoms with Crippen LogP contribution in [0.15, 0.2) is 71.6 Å². The number of carbonyl (C=O) groups excluding carboxylic acids is 1. The first kappa shape index (κ1) is 23.6. The molecule has 0 aliphatic heterocycles. The Balaban J connectivity index is 1.69. The van der Waals surface area contributed by atoms with Crippen LogP contribution in [0.25, 0.3) is 0 Å². The lowest BCUT2D eigenvalue weighted by Crippen LogP contribution is -2.26. The molecule has 1 amide bonds. The van der Waals surface area contributed by atoms with Crippen molar-refractivity contribution in [3.05, 3.63) is 88.4 Å². The van der Waals surface area contributed by atoms with E-state index in [1.807, 2.05) is 18.2 Å². The van der Waals surface area contributed by atoms with Crippen molar-refractivity contribution in [1.29, 1.82) is 0 Å². The summed E-state index contributed by atoms with van der Waals surface area (Å²) < 4.78 is 34.0. The van der Waals surface area contributed by atoms with Gasteiger partial charge in [-0.25, -0.2) is 13.6 Å². The zero-order valence-corrected chi connectivity index (χ0v) is 19.1. The summed E-state index contributed by atoms with van der Waals surface area (Å²) in [4.78, 5) is 12.7. The Morgan fingerprint density at radius 1 is 1.06 bits per heavy atom. The maximum atomic E-state index is 12.7. The van der Waals surface area contributed by atoms with E-state index in [4.69, 9.17) is 26.2 Å². The van der Waals surface area contributed by atoms with Gasteiger partial charge >= 0.3 is 0 Å². The smallest absolute Gasteiger partial charge is 0.251 e. The molecule has 3 rings (SSSR count). The summed E-state index contributed by atoms with van der Waals surface area (Å²) in [5.74, 6) is 0.578. The summed E-state index contributed by atoms with van der Waals surface area (Å²) >= 11 is 6.16. The van der Waals surface area contributed by atoms with Crippen molar-refractivity contribution in [2.24, 2.45) is 5.14 Å². The second-order valence-electron chi connectivity index (χ2n) is 7.05. The van der Waals surface area contributed by atoms with Gasteiger partial charge in [0.25, 0.3) is 5.91 Å². The Bertz CT molecular complexity index is 1210. The van der Waals surface area contributed by atoms with Crippen molar-refractivity contribution in [3.63, 3.8) is 0 Å². The fraction of sp³-hybridized carbons (Fsp3) is 0.174. The molecule has 0 bridgehead atoms. The Morgan fingerprint density at radius 2 is 1.75 bits per heavy atom. The Hall–Kier alpha value is -3.07. The minimum atomic E-state index is -3.77. The molecule has 0 radical (unpaired) electrons. The molecule has 0 saturated carbocycles. The van der Waals surface area contributed by atoms with Crippen molar-refractivity contribution in [3.8, 4) is 11.5 Å². The van der Waals surface area contributed by atoms with Crippen LogP contribution in [0.1, 0.15) is 34.5 Å². The molecule has 0 aromatic heterocycles. The number of nitrogens with one attached hydrogen (secondary N) is 1. The van der Waals surface area contributed by atoms with Crippen LogP contribution in [-0.4, -0.2) is 21.4 Å². The molecule has 1 atom stereocenters. The molecule has 0 aliphatic carbocycles.